The van der Waals surface area contributed by atoms with Crippen LogP contribution in [0.1, 0.15) is 22.8 Å². The number of hydrogen-bond acceptors (Lipinski definition) is 4. The van der Waals surface area contributed by atoms with Gasteiger partial charge >= 0.3 is 18.2 Å². The minimum absolute atomic E-state index is 0.172. The number of ether oxygens (including phenoxy) is 2. The smallest absolute Gasteiger partial charge is 0.460 e. The fraction of sp³-hybridized carbons (Fsp3) is 0.312. The number of nitrogen functional groups attached to an aromatic ring is 1. The Balaban J connectivity index is 2.03. The van der Waals surface area contributed by atoms with Crippen LogP contribution in [0.25, 0.3) is 0 Å². The molecule has 0 saturated heterocycles. The first kappa shape index (κ1) is 19.1. The molecule has 0 aliphatic carbocycles. The van der Waals surface area contributed by atoms with E-state index in [1.165, 1.54) is 13.0 Å². The normalized spacial score (nSPS) is 18.5. The molecule has 1 aromatic heterocycles. The molecular weight excluding hydrogens is 385 g/mol. The summed E-state index contributed by atoms with van der Waals surface area (Å²) in [5, 5.41) is 0. The number of rotatable bonds is 3. The molecule has 2 aromatic rings. The van der Waals surface area contributed by atoms with Crippen molar-refractivity contribution in [3.05, 3.63) is 47.2 Å². The summed E-state index contributed by atoms with van der Waals surface area (Å²) >= 11 is 0. The van der Waals surface area contributed by atoms with E-state index in [-0.39, 0.29) is 11.3 Å². The Morgan fingerprint density at radius 1 is 1.15 bits per heavy atom. The van der Waals surface area contributed by atoms with E-state index in [4.69, 9.17) is 10.5 Å². The molecular formula is C16H11F7N2O2. The first-order valence-electron chi connectivity index (χ1n) is 7.37. The molecule has 2 heterocycles. The van der Waals surface area contributed by atoms with E-state index in [1.807, 2.05) is 0 Å². The molecule has 3 rings (SSSR count). The van der Waals surface area contributed by atoms with Gasteiger partial charge in [-0.3, -0.25) is 0 Å². The van der Waals surface area contributed by atoms with E-state index in [2.05, 4.69) is 9.72 Å². The zero-order valence-corrected chi connectivity index (χ0v) is 13.5. The van der Waals surface area contributed by atoms with Gasteiger partial charge in [0, 0.05) is 11.1 Å². The second-order valence-corrected chi connectivity index (χ2v) is 5.88. The Kier molecular flexibility index (Phi) is 4.16. The monoisotopic (exact) mass is 396 g/mol. The molecule has 4 nitrogen and oxygen atoms in total. The summed E-state index contributed by atoms with van der Waals surface area (Å²) in [7, 11) is 0. The van der Waals surface area contributed by atoms with Gasteiger partial charge in [0.15, 0.2) is 0 Å². The summed E-state index contributed by atoms with van der Waals surface area (Å²) in [6.45, 7) is 1.39. The standard InChI is InChI=1S/C16H11F7N2O2/c1-7-4-9(24)6-25-13(7)26-12(15(19,20)21)8-2-3-11-10(5-8)14(17,18)16(22,23)27-11/h2-6,12H,24H2,1H3. The maximum absolute atomic E-state index is 13.8. The topological polar surface area (TPSA) is 57.4 Å². The predicted molar refractivity (Wildman–Crippen MR) is 78.7 cm³/mol. The molecule has 0 radical (unpaired) electrons. The molecule has 0 spiro atoms. The van der Waals surface area contributed by atoms with Gasteiger partial charge in [-0.05, 0) is 25.1 Å². The lowest BCUT2D eigenvalue weighted by Gasteiger charge is -2.23. The van der Waals surface area contributed by atoms with Crippen LogP contribution in [0.4, 0.5) is 36.4 Å². The Morgan fingerprint density at radius 2 is 1.81 bits per heavy atom. The number of benzene rings is 1. The van der Waals surface area contributed by atoms with Crippen LogP contribution in [0.5, 0.6) is 11.6 Å². The number of pyridine rings is 1. The van der Waals surface area contributed by atoms with Crippen LogP contribution in [-0.4, -0.2) is 17.3 Å². The van der Waals surface area contributed by atoms with Crippen molar-refractivity contribution in [3.8, 4) is 11.6 Å². The molecule has 0 saturated carbocycles. The summed E-state index contributed by atoms with van der Waals surface area (Å²) < 4.78 is 103. The molecule has 1 aliphatic heterocycles. The Labute approximate surface area is 147 Å². The summed E-state index contributed by atoms with van der Waals surface area (Å²) in [6, 6.07) is 2.94. The van der Waals surface area contributed by atoms with Gasteiger partial charge in [-0.15, -0.1) is 0 Å². The van der Waals surface area contributed by atoms with Crippen LogP contribution in [0.2, 0.25) is 0 Å². The number of anilines is 1. The highest BCUT2D eigenvalue weighted by atomic mass is 19.4. The van der Waals surface area contributed by atoms with Crippen molar-refractivity contribution in [2.75, 3.05) is 5.73 Å². The predicted octanol–water partition coefficient (Wildman–Crippen LogP) is 4.73. The van der Waals surface area contributed by atoms with Crippen LogP contribution in [-0.2, 0) is 5.92 Å². The highest BCUT2D eigenvalue weighted by molar-refractivity contribution is 5.46. The number of nitrogens with two attached hydrogens (primary N) is 1. The quantitative estimate of drug-likeness (QED) is 0.762. The third kappa shape index (κ3) is 3.21. The van der Waals surface area contributed by atoms with Gasteiger partial charge in [0.25, 0.3) is 0 Å². The first-order valence-corrected chi connectivity index (χ1v) is 7.37. The van der Waals surface area contributed by atoms with E-state index >= 15 is 0 Å². The highest BCUT2D eigenvalue weighted by Crippen LogP contribution is 2.54. The van der Waals surface area contributed by atoms with Gasteiger partial charge in [-0.2, -0.15) is 30.7 Å². The maximum atomic E-state index is 13.8. The van der Waals surface area contributed by atoms with Crippen molar-refractivity contribution in [1.82, 2.24) is 4.98 Å². The lowest BCUT2D eigenvalue weighted by molar-refractivity contribution is -0.296. The van der Waals surface area contributed by atoms with Crippen LogP contribution in [0.3, 0.4) is 0 Å². The largest absolute Gasteiger partial charge is 0.469 e. The average Bonchev–Trinajstić information content (AvgIpc) is 2.70. The molecule has 1 aromatic carbocycles. The Hall–Kier alpha value is -2.72. The number of aromatic nitrogens is 1. The summed E-state index contributed by atoms with van der Waals surface area (Å²) in [5.74, 6) is -6.12. The summed E-state index contributed by atoms with van der Waals surface area (Å²) in [6.07, 6.45) is -11.6. The third-order valence-corrected chi connectivity index (χ3v) is 3.83. The molecule has 0 amide bonds. The van der Waals surface area contributed by atoms with Gasteiger partial charge in [0.1, 0.15) is 5.75 Å². The van der Waals surface area contributed by atoms with E-state index in [0.29, 0.717) is 12.1 Å². The van der Waals surface area contributed by atoms with Gasteiger partial charge < -0.3 is 15.2 Å². The molecule has 146 valence electrons. The van der Waals surface area contributed by atoms with E-state index in [0.717, 1.165) is 12.3 Å². The minimum atomic E-state index is -5.04. The lowest BCUT2D eigenvalue weighted by atomic mass is 10.0. The number of halogens is 7. The van der Waals surface area contributed by atoms with Crippen molar-refractivity contribution in [2.45, 2.75) is 31.2 Å². The lowest BCUT2D eigenvalue weighted by Crippen LogP contribution is -2.37. The van der Waals surface area contributed by atoms with Crippen LogP contribution in [0.15, 0.2) is 30.5 Å². The molecule has 1 unspecified atom stereocenters. The molecule has 2 N–H and O–H groups in total. The average molecular weight is 396 g/mol. The van der Waals surface area contributed by atoms with E-state index in [9.17, 15) is 30.7 Å². The first-order chi connectivity index (χ1) is 12.3. The van der Waals surface area contributed by atoms with Crippen molar-refractivity contribution < 1.29 is 40.2 Å². The van der Waals surface area contributed by atoms with Gasteiger partial charge in [-0.25, -0.2) is 4.98 Å². The molecule has 11 heteroatoms. The van der Waals surface area contributed by atoms with Crippen molar-refractivity contribution >= 4 is 5.69 Å². The van der Waals surface area contributed by atoms with E-state index in [1.54, 1.807) is 0 Å². The van der Waals surface area contributed by atoms with Gasteiger partial charge in [0.05, 0.1) is 17.4 Å². The number of hydrogen-bond donors (Lipinski definition) is 1. The molecule has 1 atom stereocenters. The van der Waals surface area contributed by atoms with Crippen molar-refractivity contribution in [2.24, 2.45) is 0 Å². The SMILES string of the molecule is Cc1cc(N)cnc1OC(c1ccc2c(c1)C(F)(F)C(F)(F)O2)C(F)(F)F. The molecule has 27 heavy (non-hydrogen) atoms. The van der Waals surface area contributed by atoms with Crippen LogP contribution < -0.4 is 15.2 Å². The molecule has 0 bridgehead atoms. The zero-order valence-electron chi connectivity index (χ0n) is 13.5. The highest BCUT2D eigenvalue weighted by Gasteiger charge is 2.66. The molecule has 0 fully saturated rings. The zero-order chi connectivity index (χ0) is 20.2. The van der Waals surface area contributed by atoms with Crippen LogP contribution >= 0.6 is 0 Å². The van der Waals surface area contributed by atoms with E-state index < -0.39 is 47.1 Å². The second-order valence-electron chi connectivity index (χ2n) is 5.88. The van der Waals surface area contributed by atoms with Gasteiger partial charge in [-0.1, -0.05) is 6.07 Å². The van der Waals surface area contributed by atoms with Gasteiger partial charge in [0.2, 0.25) is 12.0 Å². The minimum Gasteiger partial charge on any atom is -0.460 e. The Bertz CT molecular complexity index is 884. The Morgan fingerprint density at radius 3 is 2.41 bits per heavy atom. The van der Waals surface area contributed by atoms with Crippen molar-refractivity contribution in [3.63, 3.8) is 0 Å². The second kappa shape index (κ2) is 5.89. The number of nitrogens with zero attached hydrogens (tertiary/aromatic N) is 1. The number of aryl methyl sites for hydroxylation is 1. The maximum Gasteiger partial charge on any atom is 0.469 e. The number of fused-ring (bicyclic) bond motifs is 1. The molecule has 1 aliphatic rings. The number of alkyl halides is 7. The van der Waals surface area contributed by atoms with Crippen LogP contribution in [0, 0.1) is 6.92 Å². The van der Waals surface area contributed by atoms with Crippen molar-refractivity contribution in [1.29, 1.82) is 0 Å². The fourth-order valence-electron chi connectivity index (χ4n) is 2.55. The third-order valence-electron chi connectivity index (χ3n) is 3.83. The summed E-state index contributed by atoms with van der Waals surface area (Å²) in [4.78, 5) is 3.64. The fourth-order valence-corrected chi connectivity index (χ4v) is 2.55. The summed E-state index contributed by atoms with van der Waals surface area (Å²) in [5.41, 5.74) is 3.65.